The molecule has 2 heterocycles. The lowest BCUT2D eigenvalue weighted by Crippen LogP contribution is -2.57. The normalized spacial score (nSPS) is 19.5. The highest BCUT2D eigenvalue weighted by atomic mass is 16.2. The summed E-state index contributed by atoms with van der Waals surface area (Å²) in [5.74, 6) is -0.474. The van der Waals surface area contributed by atoms with Crippen LogP contribution in [0.5, 0.6) is 0 Å². The van der Waals surface area contributed by atoms with Crippen LogP contribution in [0.25, 0.3) is 11.1 Å². The molecule has 6 atom stereocenters. The Morgan fingerprint density at radius 3 is 1.18 bits per heavy atom. The Bertz CT molecular complexity index is 2370. The molecule has 8 rings (SSSR count). The first-order valence-corrected chi connectivity index (χ1v) is 28.4. The number of likely N-dealkylation sites (N-methyl/N-ethyl adjacent to an activating group) is 2. The fourth-order valence-corrected chi connectivity index (χ4v) is 12.0. The summed E-state index contributed by atoms with van der Waals surface area (Å²) in [5.41, 5.74) is 5.16. The van der Waals surface area contributed by atoms with Crippen LogP contribution >= 0.6 is 0 Å². The second-order valence-electron chi connectivity index (χ2n) is 21.9. The fourth-order valence-electron chi connectivity index (χ4n) is 12.0. The van der Waals surface area contributed by atoms with E-state index in [1.165, 1.54) is 0 Å². The zero-order chi connectivity index (χ0) is 53.6. The van der Waals surface area contributed by atoms with Gasteiger partial charge in [-0.25, -0.2) is 0 Å². The van der Waals surface area contributed by atoms with E-state index in [1.807, 2.05) is 105 Å². The minimum Gasteiger partial charge on any atom is -0.343 e. The number of nitrogens with one attached hydrogen (secondary N) is 4. The summed E-state index contributed by atoms with van der Waals surface area (Å²) >= 11 is 0. The predicted molar refractivity (Wildman–Crippen MR) is 298 cm³/mol. The Morgan fingerprint density at radius 1 is 0.487 bits per heavy atom. The number of hydrogen-bond donors (Lipinski definition) is 4. The first kappa shape index (κ1) is 55.8. The Hall–Kier alpha value is -6.38. The van der Waals surface area contributed by atoms with Crippen LogP contribution < -0.4 is 21.3 Å². The predicted octanol–water partition coefficient (Wildman–Crippen LogP) is 7.27. The lowest BCUT2D eigenvalue weighted by Gasteiger charge is -2.35. The monoisotopic (exact) mass is 1030 g/mol. The molecule has 2 saturated heterocycles. The lowest BCUT2D eigenvalue weighted by molar-refractivity contribution is -0.139. The standard InChI is InChI=1S/C62H82N8O6/c1-43(63-3)57(71)65-55(49-21-11-12-22-49)61(75)69-37-15-25-53(69)41-67(39-35-45-17-7-5-8-18-45)59(73)51-31-27-47(28-32-51)48-29-33-52(34-30-48)60(74)68(40-36-46-19-9-6-10-20-46)42-54-26-16-38-70(54)62(76)56(50-23-13-14-24-50)66-58(72)44(2)64-4/h5-10,17-20,27-34,43-44,49-50,53-56,63-64H,11-16,21-26,35-42H2,1-4H3,(H,65,71)(H,66,72)/t43-,44-,53-,54-,55-,56-/m0/s1. The summed E-state index contributed by atoms with van der Waals surface area (Å²) in [7, 11) is 3.49. The molecule has 2 aliphatic heterocycles. The Labute approximate surface area is 451 Å². The van der Waals surface area contributed by atoms with Crippen molar-refractivity contribution in [1.29, 1.82) is 0 Å². The van der Waals surface area contributed by atoms with Gasteiger partial charge in [-0.2, -0.15) is 0 Å². The maximum absolute atomic E-state index is 14.6. The van der Waals surface area contributed by atoms with E-state index in [2.05, 4.69) is 45.5 Å². The summed E-state index contributed by atoms with van der Waals surface area (Å²) in [6.45, 7) is 6.53. The topological polar surface area (TPSA) is 163 Å². The lowest BCUT2D eigenvalue weighted by atomic mass is 9.96. The second kappa shape index (κ2) is 27.1. The largest absolute Gasteiger partial charge is 0.343 e. The van der Waals surface area contributed by atoms with Gasteiger partial charge in [-0.05, 0) is 151 Å². The molecular weight excluding hydrogens is 953 g/mol. The van der Waals surface area contributed by atoms with Gasteiger partial charge in [0.1, 0.15) is 12.1 Å². The molecule has 4 N–H and O–H groups in total. The van der Waals surface area contributed by atoms with Crippen molar-refractivity contribution in [2.45, 2.75) is 140 Å². The third-order valence-corrected chi connectivity index (χ3v) is 16.9. The summed E-state index contributed by atoms with van der Waals surface area (Å²) < 4.78 is 0. The molecule has 4 aliphatic rings. The molecule has 4 fully saturated rings. The van der Waals surface area contributed by atoms with Crippen molar-refractivity contribution in [1.82, 2.24) is 40.9 Å². The average Bonchev–Trinajstić information content (AvgIpc) is 4.34. The molecule has 2 aliphatic carbocycles. The van der Waals surface area contributed by atoms with Gasteiger partial charge in [-0.3, -0.25) is 28.8 Å². The zero-order valence-corrected chi connectivity index (χ0v) is 45.4. The molecule has 0 aromatic heterocycles. The van der Waals surface area contributed by atoms with Crippen molar-refractivity contribution in [3.05, 3.63) is 131 Å². The molecule has 4 aromatic rings. The molecule has 4 aromatic carbocycles. The van der Waals surface area contributed by atoms with E-state index in [9.17, 15) is 28.8 Å². The van der Waals surface area contributed by atoms with E-state index in [-0.39, 0.29) is 59.4 Å². The molecule has 14 heteroatoms. The van der Waals surface area contributed by atoms with E-state index in [4.69, 9.17) is 0 Å². The van der Waals surface area contributed by atoms with Crippen LogP contribution in [0.4, 0.5) is 0 Å². The number of rotatable bonds is 23. The summed E-state index contributed by atoms with van der Waals surface area (Å²) in [6.07, 6.45) is 12.3. The minimum atomic E-state index is -0.590. The highest BCUT2D eigenvalue weighted by Crippen LogP contribution is 2.33. The second-order valence-corrected chi connectivity index (χ2v) is 21.9. The van der Waals surface area contributed by atoms with Crippen molar-refractivity contribution in [3.63, 3.8) is 0 Å². The molecule has 0 bridgehead atoms. The average molecular weight is 1040 g/mol. The number of nitrogens with zero attached hydrogens (tertiary/aromatic N) is 4. The van der Waals surface area contributed by atoms with Gasteiger partial charge in [-0.15, -0.1) is 0 Å². The van der Waals surface area contributed by atoms with Crippen molar-refractivity contribution in [2.75, 3.05) is 53.4 Å². The number of likely N-dealkylation sites (tertiary alicyclic amines) is 2. The molecule has 14 nitrogen and oxygen atoms in total. The minimum absolute atomic E-state index is 0.0446. The van der Waals surface area contributed by atoms with E-state index >= 15 is 0 Å². The van der Waals surface area contributed by atoms with Crippen molar-refractivity contribution in [2.24, 2.45) is 11.8 Å². The summed E-state index contributed by atoms with van der Waals surface area (Å²) in [4.78, 5) is 92.2. The Kier molecular flexibility index (Phi) is 19.9. The van der Waals surface area contributed by atoms with Crippen LogP contribution in [0.3, 0.4) is 0 Å². The highest BCUT2D eigenvalue weighted by molar-refractivity contribution is 5.96. The first-order valence-electron chi connectivity index (χ1n) is 28.4. The fraction of sp³-hybridized carbons (Fsp3) is 0.516. The molecule has 406 valence electrons. The summed E-state index contributed by atoms with van der Waals surface area (Å²) in [6, 6.07) is 33.1. The molecule has 76 heavy (non-hydrogen) atoms. The summed E-state index contributed by atoms with van der Waals surface area (Å²) in [5, 5.41) is 12.2. The van der Waals surface area contributed by atoms with Gasteiger partial charge in [-0.1, -0.05) is 111 Å². The molecule has 0 spiro atoms. The Balaban J connectivity index is 0.965. The highest BCUT2D eigenvalue weighted by Gasteiger charge is 2.42. The van der Waals surface area contributed by atoms with E-state index in [0.717, 1.165) is 99.3 Å². The smallest absolute Gasteiger partial charge is 0.253 e. The van der Waals surface area contributed by atoms with Gasteiger partial charge < -0.3 is 40.9 Å². The molecule has 0 radical (unpaired) electrons. The van der Waals surface area contributed by atoms with Crippen molar-refractivity contribution >= 4 is 35.4 Å². The van der Waals surface area contributed by atoms with E-state index < -0.39 is 24.2 Å². The maximum atomic E-state index is 14.6. The number of carbonyl (C=O) groups is 6. The third kappa shape index (κ3) is 14.2. The van der Waals surface area contributed by atoms with Gasteiger partial charge in [0.2, 0.25) is 23.6 Å². The van der Waals surface area contributed by atoms with Crippen LogP contribution in [0.15, 0.2) is 109 Å². The number of benzene rings is 4. The zero-order valence-electron chi connectivity index (χ0n) is 45.4. The van der Waals surface area contributed by atoms with Crippen molar-refractivity contribution in [3.8, 4) is 11.1 Å². The van der Waals surface area contributed by atoms with Crippen LogP contribution in [-0.4, -0.2) is 145 Å². The third-order valence-electron chi connectivity index (χ3n) is 16.9. The number of amides is 6. The van der Waals surface area contributed by atoms with Gasteiger partial charge in [0, 0.05) is 62.5 Å². The molecular formula is C62H82N8O6. The van der Waals surface area contributed by atoms with Gasteiger partial charge in [0.15, 0.2) is 0 Å². The van der Waals surface area contributed by atoms with Gasteiger partial charge in [0.05, 0.1) is 12.1 Å². The molecule has 0 unspecified atom stereocenters. The van der Waals surface area contributed by atoms with E-state index in [0.29, 0.717) is 63.2 Å². The van der Waals surface area contributed by atoms with Gasteiger partial charge in [0.25, 0.3) is 11.8 Å². The van der Waals surface area contributed by atoms with Crippen LogP contribution in [0, 0.1) is 11.8 Å². The first-order chi connectivity index (χ1) is 36.9. The van der Waals surface area contributed by atoms with Crippen LogP contribution in [-0.2, 0) is 32.0 Å². The number of hydrogen-bond acceptors (Lipinski definition) is 8. The van der Waals surface area contributed by atoms with Gasteiger partial charge >= 0.3 is 0 Å². The van der Waals surface area contributed by atoms with Crippen molar-refractivity contribution < 1.29 is 28.8 Å². The molecule has 6 amide bonds. The Morgan fingerprint density at radius 2 is 0.842 bits per heavy atom. The SMILES string of the molecule is CN[C@@H](C)C(=O)N[C@H](C(=O)N1CCC[C@H]1CN(CCc1ccccc1)C(=O)c1ccc(-c2ccc(C(=O)N(CCc3ccccc3)C[C@@H]3CCCN3C(=O)[C@@H](NC(=O)[C@H](C)NC)C3CCCC3)cc2)cc1)C1CCCC1. The number of carbonyl (C=O) groups excluding carboxylic acids is 6. The maximum Gasteiger partial charge on any atom is 0.253 e. The molecule has 2 saturated carbocycles. The van der Waals surface area contributed by atoms with Crippen LogP contribution in [0.1, 0.15) is 123 Å². The quantitative estimate of drug-likeness (QED) is 0.0603. The van der Waals surface area contributed by atoms with Crippen LogP contribution in [0.2, 0.25) is 0 Å². The van der Waals surface area contributed by atoms with E-state index in [1.54, 1.807) is 27.9 Å².